The molecule has 1 aromatic carbocycles. The van der Waals surface area contributed by atoms with Gasteiger partial charge in [-0.1, -0.05) is 38.1 Å². The van der Waals surface area contributed by atoms with Crippen molar-refractivity contribution >= 4 is 6.03 Å². The van der Waals surface area contributed by atoms with Crippen molar-refractivity contribution in [3.8, 4) is 0 Å². The standard InChI is InChI=1S/C18H26N2O2/c1-18(2)10-9-16(14-7-3-4-8-15(14)18)19-17(22)20-11-5-6-13(21)12-20/h3-4,7-8,13,16,21H,5-6,9-12H2,1-2H3,(H,19,22). The Hall–Kier alpha value is -1.55. The number of piperidine rings is 1. The quantitative estimate of drug-likeness (QED) is 0.838. The van der Waals surface area contributed by atoms with E-state index in [-0.39, 0.29) is 23.6 Å². The van der Waals surface area contributed by atoms with Gasteiger partial charge in [0.15, 0.2) is 0 Å². The summed E-state index contributed by atoms with van der Waals surface area (Å²) in [4.78, 5) is 14.2. The van der Waals surface area contributed by atoms with Gasteiger partial charge in [-0.25, -0.2) is 4.79 Å². The second kappa shape index (κ2) is 5.92. The van der Waals surface area contributed by atoms with E-state index in [2.05, 4.69) is 37.4 Å². The molecule has 0 aromatic heterocycles. The number of carbonyl (C=O) groups is 1. The van der Waals surface area contributed by atoms with Gasteiger partial charge >= 0.3 is 6.03 Å². The Labute approximate surface area is 132 Å². The number of benzene rings is 1. The van der Waals surface area contributed by atoms with Crippen LogP contribution >= 0.6 is 0 Å². The topological polar surface area (TPSA) is 52.6 Å². The molecule has 1 heterocycles. The summed E-state index contributed by atoms with van der Waals surface area (Å²) in [5, 5.41) is 12.9. The SMILES string of the molecule is CC1(C)CCC(NC(=O)N2CCCC(O)C2)c2ccccc21. The molecule has 0 bridgehead atoms. The molecular formula is C18H26N2O2. The van der Waals surface area contributed by atoms with E-state index in [1.807, 2.05) is 6.07 Å². The second-order valence-electron chi connectivity index (χ2n) is 7.25. The Kier molecular flexibility index (Phi) is 4.13. The molecule has 0 radical (unpaired) electrons. The van der Waals surface area contributed by atoms with Gasteiger partial charge in [0.05, 0.1) is 12.1 Å². The lowest BCUT2D eigenvalue weighted by atomic mass is 9.71. The zero-order valence-corrected chi connectivity index (χ0v) is 13.5. The van der Waals surface area contributed by atoms with Gasteiger partial charge in [0.25, 0.3) is 0 Å². The van der Waals surface area contributed by atoms with E-state index in [4.69, 9.17) is 0 Å². The number of fused-ring (bicyclic) bond motifs is 1. The monoisotopic (exact) mass is 302 g/mol. The molecule has 22 heavy (non-hydrogen) atoms. The zero-order chi connectivity index (χ0) is 15.7. The lowest BCUT2D eigenvalue weighted by Crippen LogP contribution is -2.48. The number of hydrogen-bond donors (Lipinski definition) is 2. The zero-order valence-electron chi connectivity index (χ0n) is 13.5. The molecule has 3 rings (SSSR count). The van der Waals surface area contributed by atoms with Crippen LogP contribution in [-0.4, -0.2) is 35.2 Å². The Balaban J connectivity index is 1.74. The molecule has 0 spiro atoms. The Morgan fingerprint density at radius 3 is 2.86 bits per heavy atom. The second-order valence-corrected chi connectivity index (χ2v) is 7.25. The van der Waals surface area contributed by atoms with Crippen LogP contribution in [0, 0.1) is 0 Å². The van der Waals surface area contributed by atoms with Gasteiger partial charge in [0.1, 0.15) is 0 Å². The minimum absolute atomic E-state index is 0.0433. The van der Waals surface area contributed by atoms with Gasteiger partial charge in [0.2, 0.25) is 0 Å². The highest BCUT2D eigenvalue weighted by atomic mass is 16.3. The van der Waals surface area contributed by atoms with Crippen molar-refractivity contribution < 1.29 is 9.90 Å². The number of hydrogen-bond acceptors (Lipinski definition) is 2. The molecule has 2 amide bonds. The minimum atomic E-state index is -0.378. The number of amides is 2. The highest BCUT2D eigenvalue weighted by Crippen LogP contribution is 2.41. The van der Waals surface area contributed by atoms with Crippen molar-refractivity contribution in [3.63, 3.8) is 0 Å². The largest absolute Gasteiger partial charge is 0.391 e. The van der Waals surface area contributed by atoms with Crippen LogP contribution in [0.5, 0.6) is 0 Å². The molecular weight excluding hydrogens is 276 g/mol. The maximum absolute atomic E-state index is 12.5. The van der Waals surface area contributed by atoms with Crippen LogP contribution in [0.3, 0.4) is 0 Å². The summed E-state index contributed by atoms with van der Waals surface area (Å²) in [6, 6.07) is 8.47. The van der Waals surface area contributed by atoms with Gasteiger partial charge in [-0.3, -0.25) is 0 Å². The molecule has 1 aromatic rings. The van der Waals surface area contributed by atoms with Crippen LogP contribution in [0.1, 0.15) is 56.7 Å². The van der Waals surface area contributed by atoms with E-state index in [9.17, 15) is 9.90 Å². The summed E-state index contributed by atoms with van der Waals surface area (Å²) in [5.41, 5.74) is 2.74. The number of aliphatic hydroxyl groups is 1. The van der Waals surface area contributed by atoms with Gasteiger partial charge in [-0.2, -0.15) is 0 Å². The third-order valence-electron chi connectivity index (χ3n) is 5.10. The summed E-state index contributed by atoms with van der Waals surface area (Å²) in [6.45, 7) is 5.73. The van der Waals surface area contributed by atoms with E-state index in [1.54, 1.807) is 4.90 Å². The van der Waals surface area contributed by atoms with Crippen LogP contribution in [0.2, 0.25) is 0 Å². The van der Waals surface area contributed by atoms with Crippen molar-refractivity contribution in [2.45, 2.75) is 57.1 Å². The number of nitrogens with zero attached hydrogens (tertiary/aromatic N) is 1. The fourth-order valence-electron chi connectivity index (χ4n) is 3.74. The lowest BCUT2D eigenvalue weighted by Gasteiger charge is -2.38. The fourth-order valence-corrected chi connectivity index (χ4v) is 3.74. The van der Waals surface area contributed by atoms with Crippen molar-refractivity contribution in [1.82, 2.24) is 10.2 Å². The van der Waals surface area contributed by atoms with Crippen molar-refractivity contribution in [1.29, 1.82) is 0 Å². The maximum atomic E-state index is 12.5. The highest BCUT2D eigenvalue weighted by Gasteiger charge is 2.34. The first kappa shape index (κ1) is 15.3. The van der Waals surface area contributed by atoms with Crippen LogP contribution in [-0.2, 0) is 5.41 Å². The minimum Gasteiger partial charge on any atom is -0.391 e. The molecule has 1 aliphatic carbocycles. The summed E-state index contributed by atoms with van der Waals surface area (Å²) >= 11 is 0. The fraction of sp³-hybridized carbons (Fsp3) is 0.611. The molecule has 2 N–H and O–H groups in total. The number of β-amino-alcohol motifs (C(OH)–C–C–N with tert-alkyl or cyclic N) is 1. The normalized spacial score (nSPS) is 27.1. The molecule has 2 unspecified atom stereocenters. The lowest BCUT2D eigenvalue weighted by molar-refractivity contribution is 0.0829. The smallest absolute Gasteiger partial charge is 0.317 e. The summed E-state index contributed by atoms with van der Waals surface area (Å²) in [5.74, 6) is 0. The maximum Gasteiger partial charge on any atom is 0.317 e. The molecule has 1 fully saturated rings. The Morgan fingerprint density at radius 1 is 1.32 bits per heavy atom. The molecule has 4 nitrogen and oxygen atoms in total. The summed E-state index contributed by atoms with van der Waals surface area (Å²) in [6.07, 6.45) is 3.33. The van der Waals surface area contributed by atoms with Crippen LogP contribution < -0.4 is 5.32 Å². The number of carbonyl (C=O) groups excluding carboxylic acids is 1. The molecule has 4 heteroatoms. The average Bonchev–Trinajstić information content (AvgIpc) is 2.50. The van der Waals surface area contributed by atoms with Gasteiger partial charge < -0.3 is 15.3 Å². The van der Waals surface area contributed by atoms with E-state index in [1.165, 1.54) is 11.1 Å². The van der Waals surface area contributed by atoms with Crippen molar-refractivity contribution in [2.24, 2.45) is 0 Å². The number of rotatable bonds is 1. The molecule has 2 aliphatic rings. The van der Waals surface area contributed by atoms with Crippen molar-refractivity contribution in [2.75, 3.05) is 13.1 Å². The van der Waals surface area contributed by atoms with Crippen LogP contribution in [0.4, 0.5) is 4.79 Å². The van der Waals surface area contributed by atoms with E-state index in [0.717, 1.165) is 32.2 Å². The van der Waals surface area contributed by atoms with Gasteiger partial charge in [-0.15, -0.1) is 0 Å². The predicted octanol–water partition coefficient (Wildman–Crippen LogP) is 2.97. The Morgan fingerprint density at radius 2 is 2.09 bits per heavy atom. The van der Waals surface area contributed by atoms with Crippen LogP contribution in [0.15, 0.2) is 24.3 Å². The number of aliphatic hydroxyl groups excluding tert-OH is 1. The molecule has 1 saturated heterocycles. The number of likely N-dealkylation sites (tertiary alicyclic amines) is 1. The third kappa shape index (κ3) is 2.98. The molecule has 2 atom stereocenters. The summed E-state index contributed by atoms with van der Waals surface area (Å²) < 4.78 is 0. The van der Waals surface area contributed by atoms with E-state index in [0.29, 0.717) is 6.54 Å². The third-order valence-corrected chi connectivity index (χ3v) is 5.10. The van der Waals surface area contributed by atoms with Crippen molar-refractivity contribution in [3.05, 3.63) is 35.4 Å². The molecule has 1 aliphatic heterocycles. The average molecular weight is 302 g/mol. The molecule has 120 valence electrons. The summed E-state index contributed by atoms with van der Waals surface area (Å²) in [7, 11) is 0. The highest BCUT2D eigenvalue weighted by molar-refractivity contribution is 5.75. The Bertz CT molecular complexity index is 556. The number of urea groups is 1. The first-order chi connectivity index (χ1) is 10.5. The van der Waals surface area contributed by atoms with E-state index < -0.39 is 0 Å². The number of nitrogens with one attached hydrogen (secondary N) is 1. The molecule has 0 saturated carbocycles. The van der Waals surface area contributed by atoms with E-state index >= 15 is 0 Å². The van der Waals surface area contributed by atoms with Gasteiger partial charge in [-0.05, 0) is 42.2 Å². The van der Waals surface area contributed by atoms with Crippen LogP contribution in [0.25, 0.3) is 0 Å². The van der Waals surface area contributed by atoms with Gasteiger partial charge in [0, 0.05) is 13.1 Å². The predicted molar refractivity (Wildman–Crippen MR) is 86.8 cm³/mol. The first-order valence-electron chi connectivity index (χ1n) is 8.30. The first-order valence-corrected chi connectivity index (χ1v) is 8.30.